The number of hydrogen-bond acceptors (Lipinski definition) is 6. The van der Waals surface area contributed by atoms with Gasteiger partial charge in [-0.15, -0.1) is 0 Å². The van der Waals surface area contributed by atoms with E-state index in [4.69, 9.17) is 23.2 Å². The van der Waals surface area contributed by atoms with Crippen molar-refractivity contribution in [2.45, 2.75) is 0 Å². The molecule has 0 aliphatic rings. The van der Waals surface area contributed by atoms with Crippen LogP contribution in [-0.2, 0) is 0 Å². The summed E-state index contributed by atoms with van der Waals surface area (Å²) in [7, 11) is 0. The molecule has 30 heavy (non-hydrogen) atoms. The fourth-order valence-electron chi connectivity index (χ4n) is 2.71. The Balaban J connectivity index is 1.84. The molecule has 0 saturated carbocycles. The third-order valence-corrected chi connectivity index (χ3v) is 4.96. The van der Waals surface area contributed by atoms with Gasteiger partial charge in [0.25, 0.3) is 0 Å². The first-order chi connectivity index (χ1) is 14.3. The van der Waals surface area contributed by atoms with Crippen molar-refractivity contribution in [3.05, 3.63) is 86.9 Å². The van der Waals surface area contributed by atoms with Gasteiger partial charge in [0.1, 0.15) is 12.3 Å². The Labute approximate surface area is 181 Å². The van der Waals surface area contributed by atoms with Gasteiger partial charge in [-0.25, -0.2) is 0 Å². The van der Waals surface area contributed by atoms with Crippen LogP contribution in [0.15, 0.2) is 59.6 Å². The van der Waals surface area contributed by atoms with Gasteiger partial charge in [0, 0.05) is 23.4 Å². The van der Waals surface area contributed by atoms with E-state index >= 15 is 0 Å². The monoisotopic (exact) mass is 443 g/mol. The highest BCUT2D eigenvalue weighted by Crippen LogP contribution is 2.32. The molecular weight excluding hydrogens is 429 g/mol. The van der Waals surface area contributed by atoms with Crippen molar-refractivity contribution in [3.63, 3.8) is 0 Å². The molecule has 3 aromatic rings. The van der Waals surface area contributed by atoms with Crippen LogP contribution in [0, 0.1) is 0 Å². The second-order valence-electron chi connectivity index (χ2n) is 6.27. The summed E-state index contributed by atoms with van der Waals surface area (Å²) in [4.78, 5) is 29.0. The van der Waals surface area contributed by atoms with Crippen molar-refractivity contribution in [1.82, 2.24) is 0 Å². The number of phenolic OH excluding ortho intramolecular Hbond substituents is 3. The lowest BCUT2D eigenvalue weighted by Crippen LogP contribution is -2.06. The van der Waals surface area contributed by atoms with Crippen molar-refractivity contribution < 1.29 is 24.9 Å². The third kappa shape index (κ3) is 4.45. The van der Waals surface area contributed by atoms with E-state index in [0.29, 0.717) is 11.1 Å². The number of benzene rings is 3. The van der Waals surface area contributed by atoms with Crippen molar-refractivity contribution in [1.29, 1.82) is 0 Å². The lowest BCUT2D eigenvalue weighted by molar-refractivity contribution is 0.0997. The highest BCUT2D eigenvalue weighted by molar-refractivity contribution is 6.42. The van der Waals surface area contributed by atoms with Crippen molar-refractivity contribution in [2.24, 2.45) is 4.99 Å². The van der Waals surface area contributed by atoms with Gasteiger partial charge in [0.15, 0.2) is 23.1 Å². The summed E-state index contributed by atoms with van der Waals surface area (Å²) in [5.41, 5.74) is 0.740. The number of halogens is 2. The molecule has 0 spiro atoms. The number of rotatable bonds is 6. The molecule has 8 heteroatoms. The summed E-state index contributed by atoms with van der Waals surface area (Å²) in [6, 6.07) is 13.4. The van der Waals surface area contributed by atoms with E-state index in [-0.39, 0.29) is 33.5 Å². The molecule has 0 amide bonds. The topological polar surface area (TPSA) is 107 Å². The first-order valence-corrected chi connectivity index (χ1v) is 9.41. The molecule has 0 aliphatic carbocycles. The lowest BCUT2D eigenvalue weighted by atomic mass is 10.0. The van der Waals surface area contributed by atoms with Crippen LogP contribution in [0.2, 0.25) is 10.0 Å². The molecule has 0 unspecified atom stereocenters. The molecule has 0 saturated heterocycles. The zero-order valence-electron chi connectivity index (χ0n) is 15.3. The van der Waals surface area contributed by atoms with Crippen molar-refractivity contribution in [2.75, 3.05) is 6.54 Å². The number of Topliss-reactive ketones (excluding diaryl/α,β-unsaturated/α-hetero) is 1. The number of hydrogen-bond donors (Lipinski definition) is 3. The normalized spacial score (nSPS) is 11.0. The predicted octanol–water partition coefficient (Wildman–Crippen LogP) is 4.64. The van der Waals surface area contributed by atoms with Gasteiger partial charge < -0.3 is 15.3 Å². The van der Waals surface area contributed by atoms with Crippen LogP contribution in [0.3, 0.4) is 0 Å². The van der Waals surface area contributed by atoms with E-state index in [1.165, 1.54) is 12.3 Å². The van der Waals surface area contributed by atoms with E-state index in [2.05, 4.69) is 4.99 Å². The maximum atomic E-state index is 12.8. The Morgan fingerprint density at radius 1 is 0.900 bits per heavy atom. The van der Waals surface area contributed by atoms with Crippen molar-refractivity contribution >= 4 is 41.0 Å². The Kier molecular flexibility index (Phi) is 6.40. The molecule has 0 radical (unpaired) electrons. The lowest BCUT2D eigenvalue weighted by Gasteiger charge is -2.09. The fourth-order valence-corrected chi connectivity index (χ4v) is 3.30. The van der Waals surface area contributed by atoms with E-state index in [0.717, 1.165) is 12.1 Å². The van der Waals surface area contributed by atoms with E-state index in [1.54, 1.807) is 36.4 Å². The first-order valence-electron chi connectivity index (χ1n) is 8.65. The molecule has 152 valence electrons. The van der Waals surface area contributed by atoms with Crippen LogP contribution in [0.5, 0.6) is 17.2 Å². The van der Waals surface area contributed by atoms with Crippen LogP contribution in [0.25, 0.3) is 0 Å². The maximum absolute atomic E-state index is 12.8. The standard InChI is InChI=1S/C22H15Cl2NO5/c23-15-7-6-13(21(24)20(15)22(30)12-4-2-1-3-5-12)10-25-11-19(29)14-8-17(27)18(28)9-16(14)26/h1-10,26-28H,11H2. The molecule has 0 aliphatic heterocycles. The summed E-state index contributed by atoms with van der Waals surface area (Å²) < 4.78 is 0. The molecule has 0 bridgehead atoms. The first kappa shape index (κ1) is 21.4. The number of carbonyl (C=O) groups is 2. The summed E-state index contributed by atoms with van der Waals surface area (Å²) in [5.74, 6) is -2.50. The maximum Gasteiger partial charge on any atom is 0.196 e. The SMILES string of the molecule is O=C(CN=Cc1ccc(Cl)c(C(=O)c2ccccc2)c1Cl)c1cc(O)c(O)cc1O. The minimum absolute atomic E-state index is 0.0951. The van der Waals surface area contributed by atoms with E-state index < -0.39 is 23.0 Å². The average molecular weight is 444 g/mol. The molecule has 6 nitrogen and oxygen atoms in total. The highest BCUT2D eigenvalue weighted by Gasteiger charge is 2.19. The third-order valence-electron chi connectivity index (χ3n) is 4.24. The summed E-state index contributed by atoms with van der Waals surface area (Å²) in [6.45, 7) is -0.362. The van der Waals surface area contributed by atoms with Crippen LogP contribution < -0.4 is 0 Å². The second kappa shape index (κ2) is 8.98. The van der Waals surface area contributed by atoms with Crippen LogP contribution in [-0.4, -0.2) is 39.6 Å². The van der Waals surface area contributed by atoms with Crippen LogP contribution >= 0.6 is 23.2 Å². The Morgan fingerprint density at radius 3 is 2.27 bits per heavy atom. The molecule has 3 aromatic carbocycles. The Morgan fingerprint density at radius 2 is 1.57 bits per heavy atom. The number of ketones is 2. The van der Waals surface area contributed by atoms with Crippen molar-refractivity contribution in [3.8, 4) is 17.2 Å². The molecule has 3 N–H and O–H groups in total. The number of nitrogens with zero attached hydrogens (tertiary/aromatic N) is 1. The Hall–Kier alpha value is -3.35. The van der Waals surface area contributed by atoms with Crippen LogP contribution in [0.1, 0.15) is 31.8 Å². The molecule has 3 rings (SSSR count). The Bertz CT molecular complexity index is 1160. The molecule has 0 atom stereocenters. The van der Waals surface area contributed by atoms with Gasteiger partial charge in [-0.3, -0.25) is 14.6 Å². The summed E-state index contributed by atoms with van der Waals surface area (Å²) in [5, 5.41) is 28.9. The molecular formula is C22H15Cl2NO5. The van der Waals surface area contributed by atoms with Gasteiger partial charge >= 0.3 is 0 Å². The largest absolute Gasteiger partial charge is 0.507 e. The highest BCUT2D eigenvalue weighted by atomic mass is 35.5. The number of phenols is 3. The zero-order chi connectivity index (χ0) is 21.8. The zero-order valence-corrected chi connectivity index (χ0v) is 16.9. The summed E-state index contributed by atoms with van der Waals surface area (Å²) >= 11 is 12.6. The summed E-state index contributed by atoms with van der Waals surface area (Å²) in [6.07, 6.45) is 1.32. The van der Waals surface area contributed by atoms with E-state index in [1.807, 2.05) is 0 Å². The van der Waals surface area contributed by atoms with Gasteiger partial charge in [-0.1, -0.05) is 59.6 Å². The number of carbonyl (C=O) groups excluding carboxylic acids is 2. The van der Waals surface area contributed by atoms with Gasteiger partial charge in [0.2, 0.25) is 0 Å². The van der Waals surface area contributed by atoms with Crippen LogP contribution in [0.4, 0.5) is 0 Å². The van der Waals surface area contributed by atoms with E-state index in [9.17, 15) is 24.9 Å². The predicted molar refractivity (Wildman–Crippen MR) is 115 cm³/mol. The van der Waals surface area contributed by atoms with Gasteiger partial charge in [-0.05, 0) is 12.1 Å². The fraction of sp³-hybridized carbons (Fsp3) is 0.0455. The smallest absolute Gasteiger partial charge is 0.196 e. The average Bonchev–Trinajstić information content (AvgIpc) is 2.72. The quantitative estimate of drug-likeness (QED) is 0.222. The number of aromatic hydroxyl groups is 3. The molecule has 0 fully saturated rings. The minimum Gasteiger partial charge on any atom is -0.507 e. The minimum atomic E-state index is -0.593. The second-order valence-corrected chi connectivity index (χ2v) is 7.06. The van der Waals surface area contributed by atoms with Gasteiger partial charge in [0.05, 0.1) is 21.2 Å². The number of aliphatic imine (C=N–C) groups is 1. The molecule has 0 heterocycles. The van der Waals surface area contributed by atoms with Gasteiger partial charge in [-0.2, -0.15) is 0 Å². The molecule has 0 aromatic heterocycles.